The summed E-state index contributed by atoms with van der Waals surface area (Å²) in [6.07, 6.45) is 1.92. The Morgan fingerprint density at radius 3 is 2.35 bits per heavy atom. The van der Waals surface area contributed by atoms with Crippen molar-refractivity contribution in [3.8, 4) is 0 Å². The Kier molecular flexibility index (Phi) is 3.06. The highest BCUT2D eigenvalue weighted by atomic mass is 16.1. The fraction of sp³-hybridized carbons (Fsp3) is 0.917. The Morgan fingerprint density at radius 2 is 1.88 bits per heavy atom. The highest BCUT2D eigenvalue weighted by molar-refractivity contribution is 5.76. The predicted octanol–water partition coefficient (Wildman–Crippen LogP) is -1.26. The van der Waals surface area contributed by atoms with Crippen LogP contribution in [0.2, 0.25) is 0 Å². The molecule has 0 spiro atoms. The van der Waals surface area contributed by atoms with Crippen LogP contribution in [0.5, 0.6) is 0 Å². The topological polar surface area (TPSA) is 70.4 Å². The Labute approximate surface area is 102 Å². The number of primary amides is 1. The number of piperidine rings is 1. The van der Waals surface area contributed by atoms with Crippen molar-refractivity contribution in [2.75, 3.05) is 32.7 Å². The minimum atomic E-state index is -0.103. The predicted molar refractivity (Wildman–Crippen MR) is 65.4 cm³/mol. The van der Waals surface area contributed by atoms with Crippen LogP contribution in [0.4, 0.5) is 0 Å². The molecule has 3 rings (SSSR count). The molecule has 0 aliphatic carbocycles. The van der Waals surface area contributed by atoms with Gasteiger partial charge in [0, 0.05) is 44.2 Å². The minimum Gasteiger partial charge on any atom is -0.369 e. The average molecular weight is 238 g/mol. The van der Waals surface area contributed by atoms with Crippen LogP contribution >= 0.6 is 0 Å². The zero-order chi connectivity index (χ0) is 11.8. The van der Waals surface area contributed by atoms with Crippen molar-refractivity contribution in [1.82, 2.24) is 15.5 Å². The van der Waals surface area contributed by atoms with Crippen molar-refractivity contribution in [1.29, 1.82) is 0 Å². The summed E-state index contributed by atoms with van der Waals surface area (Å²) in [7, 11) is 0. The van der Waals surface area contributed by atoms with E-state index in [4.69, 9.17) is 5.73 Å². The zero-order valence-electron chi connectivity index (χ0n) is 10.2. The molecule has 5 heteroatoms. The van der Waals surface area contributed by atoms with Gasteiger partial charge in [-0.1, -0.05) is 0 Å². The summed E-state index contributed by atoms with van der Waals surface area (Å²) >= 11 is 0. The molecule has 17 heavy (non-hydrogen) atoms. The molecule has 96 valence electrons. The van der Waals surface area contributed by atoms with Crippen LogP contribution in [-0.4, -0.2) is 55.6 Å². The smallest absolute Gasteiger partial charge is 0.220 e. The average Bonchev–Trinajstić information content (AvgIpc) is 2.14. The molecule has 1 amide bonds. The number of amides is 1. The molecule has 0 aromatic rings. The maximum Gasteiger partial charge on any atom is 0.220 e. The van der Waals surface area contributed by atoms with Crippen LogP contribution in [0.25, 0.3) is 0 Å². The van der Waals surface area contributed by atoms with Crippen molar-refractivity contribution < 1.29 is 4.79 Å². The highest BCUT2D eigenvalue weighted by Gasteiger charge is 2.41. The van der Waals surface area contributed by atoms with Gasteiger partial charge in [0.1, 0.15) is 0 Å². The van der Waals surface area contributed by atoms with Crippen molar-refractivity contribution in [2.45, 2.75) is 24.9 Å². The van der Waals surface area contributed by atoms with E-state index in [1.807, 2.05) is 0 Å². The van der Waals surface area contributed by atoms with Gasteiger partial charge in [-0.3, -0.25) is 9.69 Å². The fourth-order valence-electron chi connectivity index (χ4n) is 3.28. The van der Waals surface area contributed by atoms with E-state index >= 15 is 0 Å². The van der Waals surface area contributed by atoms with Gasteiger partial charge in [-0.2, -0.15) is 0 Å². The molecular weight excluding hydrogens is 216 g/mol. The van der Waals surface area contributed by atoms with Crippen molar-refractivity contribution in [2.24, 2.45) is 17.6 Å². The molecular formula is C12H22N4O. The lowest BCUT2D eigenvalue weighted by Gasteiger charge is -2.51. The highest BCUT2D eigenvalue weighted by Crippen LogP contribution is 2.31. The van der Waals surface area contributed by atoms with Gasteiger partial charge < -0.3 is 16.4 Å². The minimum absolute atomic E-state index is 0.102. The summed E-state index contributed by atoms with van der Waals surface area (Å²) in [4.78, 5) is 14.0. The second kappa shape index (κ2) is 4.55. The standard InChI is InChI=1S/C12H22N4O/c13-12(17)8-1-2-16(10-6-15-7-10)11(3-8)9-4-14-5-9/h8-11,14-15H,1-7H2,(H2,13,17). The van der Waals surface area contributed by atoms with Gasteiger partial charge in [-0.05, 0) is 25.3 Å². The molecule has 0 radical (unpaired) electrons. The van der Waals surface area contributed by atoms with Gasteiger partial charge in [0.2, 0.25) is 5.91 Å². The molecule has 0 saturated carbocycles. The van der Waals surface area contributed by atoms with Crippen LogP contribution in [0, 0.1) is 11.8 Å². The molecule has 2 atom stereocenters. The van der Waals surface area contributed by atoms with E-state index in [0.29, 0.717) is 12.1 Å². The van der Waals surface area contributed by atoms with E-state index in [-0.39, 0.29) is 11.8 Å². The van der Waals surface area contributed by atoms with Crippen molar-refractivity contribution >= 4 is 5.91 Å². The summed E-state index contributed by atoms with van der Waals surface area (Å²) in [5, 5.41) is 6.68. The maximum atomic E-state index is 11.4. The van der Waals surface area contributed by atoms with Crippen molar-refractivity contribution in [3.63, 3.8) is 0 Å². The van der Waals surface area contributed by atoms with Crippen molar-refractivity contribution in [3.05, 3.63) is 0 Å². The number of carbonyl (C=O) groups is 1. The lowest BCUT2D eigenvalue weighted by atomic mass is 9.80. The van der Waals surface area contributed by atoms with Crippen LogP contribution in [0.15, 0.2) is 0 Å². The SMILES string of the molecule is NC(=O)C1CCN(C2CNC2)C(C2CNC2)C1. The number of hydrogen-bond donors (Lipinski definition) is 3. The first-order valence-corrected chi connectivity index (χ1v) is 6.72. The van der Waals surface area contributed by atoms with Crippen LogP contribution < -0.4 is 16.4 Å². The second-order valence-electron chi connectivity index (χ2n) is 5.66. The first-order valence-electron chi connectivity index (χ1n) is 6.72. The second-order valence-corrected chi connectivity index (χ2v) is 5.66. The van der Waals surface area contributed by atoms with E-state index in [1.165, 1.54) is 0 Å². The van der Waals surface area contributed by atoms with Crippen LogP contribution in [0.3, 0.4) is 0 Å². The van der Waals surface area contributed by atoms with E-state index in [0.717, 1.165) is 51.5 Å². The normalized spacial score (nSPS) is 36.2. The first kappa shape index (κ1) is 11.4. The number of nitrogens with one attached hydrogen (secondary N) is 2. The lowest BCUT2D eigenvalue weighted by Crippen LogP contribution is -2.66. The van der Waals surface area contributed by atoms with Gasteiger partial charge in [-0.25, -0.2) is 0 Å². The summed E-state index contributed by atoms with van der Waals surface area (Å²) in [6, 6.07) is 1.25. The third-order valence-electron chi connectivity index (χ3n) is 4.68. The molecule has 3 heterocycles. The van der Waals surface area contributed by atoms with E-state index in [2.05, 4.69) is 15.5 Å². The molecule has 3 aliphatic rings. The van der Waals surface area contributed by atoms with Gasteiger partial charge in [0.25, 0.3) is 0 Å². The Balaban J connectivity index is 1.68. The van der Waals surface area contributed by atoms with E-state index < -0.39 is 0 Å². The maximum absolute atomic E-state index is 11.4. The van der Waals surface area contributed by atoms with E-state index in [1.54, 1.807) is 0 Å². The van der Waals surface area contributed by atoms with Gasteiger partial charge in [0.15, 0.2) is 0 Å². The summed E-state index contributed by atoms with van der Waals surface area (Å²) in [5.74, 6) is 0.719. The zero-order valence-corrected chi connectivity index (χ0v) is 10.2. The number of hydrogen-bond acceptors (Lipinski definition) is 4. The molecule has 2 unspecified atom stereocenters. The van der Waals surface area contributed by atoms with E-state index in [9.17, 15) is 4.79 Å². The van der Waals surface area contributed by atoms with Crippen LogP contribution in [-0.2, 0) is 4.79 Å². The number of nitrogens with zero attached hydrogens (tertiary/aromatic N) is 1. The lowest BCUT2D eigenvalue weighted by molar-refractivity contribution is -0.125. The number of nitrogens with two attached hydrogens (primary N) is 1. The molecule has 0 bridgehead atoms. The van der Waals surface area contributed by atoms with Gasteiger partial charge >= 0.3 is 0 Å². The fourth-order valence-corrected chi connectivity index (χ4v) is 3.28. The molecule has 3 aliphatic heterocycles. The Bertz CT molecular complexity index is 301. The molecule has 5 nitrogen and oxygen atoms in total. The molecule has 3 fully saturated rings. The molecule has 4 N–H and O–H groups in total. The third kappa shape index (κ3) is 2.07. The van der Waals surface area contributed by atoms with Gasteiger partial charge in [0.05, 0.1) is 0 Å². The first-order chi connectivity index (χ1) is 8.25. The third-order valence-corrected chi connectivity index (χ3v) is 4.68. The monoisotopic (exact) mass is 238 g/mol. The van der Waals surface area contributed by atoms with Crippen LogP contribution in [0.1, 0.15) is 12.8 Å². The Hall–Kier alpha value is -0.650. The quantitative estimate of drug-likeness (QED) is 0.574. The number of carbonyl (C=O) groups excluding carboxylic acids is 1. The summed E-state index contributed by atoms with van der Waals surface area (Å²) < 4.78 is 0. The summed E-state index contributed by atoms with van der Waals surface area (Å²) in [6.45, 7) is 5.47. The largest absolute Gasteiger partial charge is 0.369 e. The number of rotatable bonds is 3. The molecule has 0 aromatic carbocycles. The molecule has 3 saturated heterocycles. The number of likely N-dealkylation sites (tertiary alicyclic amines) is 1. The Morgan fingerprint density at radius 1 is 1.18 bits per heavy atom. The summed E-state index contributed by atoms with van der Waals surface area (Å²) in [5.41, 5.74) is 5.47. The molecule has 0 aromatic heterocycles. The van der Waals surface area contributed by atoms with Gasteiger partial charge in [-0.15, -0.1) is 0 Å².